The molecule has 0 radical (unpaired) electrons. The van der Waals surface area contributed by atoms with E-state index in [4.69, 9.17) is 15.1 Å². The van der Waals surface area contributed by atoms with E-state index >= 15 is 0 Å². The Hall–Kier alpha value is -3.49. The van der Waals surface area contributed by atoms with Gasteiger partial charge in [0.25, 0.3) is 11.5 Å². The number of nitrogens with zero attached hydrogens (tertiary/aromatic N) is 4. The monoisotopic (exact) mass is 465 g/mol. The molecule has 1 amide bonds. The number of piperidine rings is 1. The Morgan fingerprint density at radius 1 is 1.24 bits per heavy atom. The van der Waals surface area contributed by atoms with Gasteiger partial charge in [-0.1, -0.05) is 19.9 Å². The molecule has 0 atom stereocenters. The molecular formula is C25H31N5O4. The maximum atomic E-state index is 13.5. The van der Waals surface area contributed by atoms with Gasteiger partial charge in [0.05, 0.1) is 23.5 Å². The van der Waals surface area contributed by atoms with Crippen LogP contribution in [0.4, 0.5) is 0 Å². The van der Waals surface area contributed by atoms with Crippen molar-refractivity contribution in [1.29, 1.82) is 5.41 Å². The van der Waals surface area contributed by atoms with E-state index in [1.165, 1.54) is 10.5 Å². The molecule has 4 rings (SSSR count). The SMILES string of the molecule is CCOC(=O)C1CCN(C(=O)c2cc3c(=O)n4cccc(C)c4nc3n(CC(C)C)c2=N)CC1. The minimum absolute atomic E-state index is 0.0450. The Balaban J connectivity index is 1.80. The molecule has 1 aliphatic rings. The van der Waals surface area contributed by atoms with Crippen LogP contribution in [-0.2, 0) is 16.1 Å². The molecule has 1 aliphatic heterocycles. The Bertz CT molecular complexity index is 1380. The van der Waals surface area contributed by atoms with Crippen molar-refractivity contribution in [3.8, 4) is 0 Å². The summed E-state index contributed by atoms with van der Waals surface area (Å²) in [5.41, 5.74) is 1.76. The number of hydrogen-bond acceptors (Lipinski definition) is 6. The fourth-order valence-corrected chi connectivity index (χ4v) is 4.55. The minimum Gasteiger partial charge on any atom is -0.466 e. The minimum atomic E-state index is -0.305. The maximum Gasteiger partial charge on any atom is 0.309 e. The van der Waals surface area contributed by atoms with Gasteiger partial charge in [0.15, 0.2) is 0 Å². The molecule has 180 valence electrons. The molecule has 3 aromatic rings. The van der Waals surface area contributed by atoms with Gasteiger partial charge < -0.3 is 14.2 Å². The summed E-state index contributed by atoms with van der Waals surface area (Å²) in [4.78, 5) is 45.3. The molecule has 0 saturated carbocycles. The zero-order valence-electron chi connectivity index (χ0n) is 20.1. The molecule has 9 heteroatoms. The second kappa shape index (κ2) is 9.40. The molecule has 0 aromatic carbocycles. The largest absolute Gasteiger partial charge is 0.466 e. The van der Waals surface area contributed by atoms with Crippen LogP contribution >= 0.6 is 0 Å². The van der Waals surface area contributed by atoms with Crippen LogP contribution in [0.15, 0.2) is 29.2 Å². The van der Waals surface area contributed by atoms with E-state index in [1.807, 2.05) is 26.8 Å². The van der Waals surface area contributed by atoms with E-state index in [-0.39, 0.29) is 40.3 Å². The first kappa shape index (κ1) is 23.7. The van der Waals surface area contributed by atoms with Crippen molar-refractivity contribution in [3.63, 3.8) is 0 Å². The number of fused-ring (bicyclic) bond motifs is 2. The first-order valence-corrected chi connectivity index (χ1v) is 11.8. The smallest absolute Gasteiger partial charge is 0.309 e. The van der Waals surface area contributed by atoms with E-state index < -0.39 is 0 Å². The Labute approximate surface area is 197 Å². The van der Waals surface area contributed by atoms with E-state index in [0.29, 0.717) is 55.8 Å². The van der Waals surface area contributed by atoms with Gasteiger partial charge in [0, 0.05) is 25.8 Å². The van der Waals surface area contributed by atoms with Crippen molar-refractivity contribution in [1.82, 2.24) is 18.9 Å². The summed E-state index contributed by atoms with van der Waals surface area (Å²) in [5.74, 6) is -0.566. The number of hydrogen-bond donors (Lipinski definition) is 1. The fourth-order valence-electron chi connectivity index (χ4n) is 4.55. The molecule has 4 heterocycles. The highest BCUT2D eigenvalue weighted by Crippen LogP contribution is 2.21. The lowest BCUT2D eigenvalue weighted by Gasteiger charge is -2.31. The number of ether oxygens (including phenoxy) is 1. The van der Waals surface area contributed by atoms with Gasteiger partial charge in [0.1, 0.15) is 16.8 Å². The molecule has 0 unspecified atom stereocenters. The number of carbonyl (C=O) groups is 2. The predicted octanol–water partition coefficient (Wildman–Crippen LogP) is 2.51. The molecule has 1 fully saturated rings. The molecule has 0 bridgehead atoms. The average molecular weight is 466 g/mol. The highest BCUT2D eigenvalue weighted by molar-refractivity contribution is 5.97. The molecule has 1 saturated heterocycles. The first-order valence-electron chi connectivity index (χ1n) is 11.8. The van der Waals surface area contributed by atoms with Crippen molar-refractivity contribution in [2.45, 2.75) is 47.1 Å². The summed E-state index contributed by atoms with van der Waals surface area (Å²) in [6.07, 6.45) is 2.71. The van der Waals surface area contributed by atoms with Crippen LogP contribution in [0, 0.1) is 24.2 Å². The second-order valence-electron chi connectivity index (χ2n) is 9.27. The summed E-state index contributed by atoms with van der Waals surface area (Å²) in [7, 11) is 0. The van der Waals surface area contributed by atoms with E-state index in [0.717, 1.165) is 5.56 Å². The van der Waals surface area contributed by atoms with Crippen LogP contribution in [0.3, 0.4) is 0 Å². The standard InChI is InChI=1S/C25H31N5O4/c1-5-34-25(33)17-8-11-28(12-9-17)23(31)18-13-19-22(30(20(18)26)14-15(2)3)27-21-16(4)7-6-10-29(21)24(19)32/h6-7,10,13,15,17,26H,5,8-9,11-12,14H2,1-4H3. The molecule has 34 heavy (non-hydrogen) atoms. The lowest BCUT2D eigenvalue weighted by Crippen LogP contribution is -2.43. The Morgan fingerprint density at radius 3 is 2.59 bits per heavy atom. The third-order valence-corrected chi connectivity index (χ3v) is 6.31. The van der Waals surface area contributed by atoms with Gasteiger partial charge in [0.2, 0.25) is 0 Å². The third kappa shape index (κ3) is 4.22. The zero-order valence-corrected chi connectivity index (χ0v) is 20.1. The molecule has 0 spiro atoms. The summed E-state index contributed by atoms with van der Waals surface area (Å²) >= 11 is 0. The average Bonchev–Trinajstić information content (AvgIpc) is 2.81. The van der Waals surface area contributed by atoms with Crippen molar-refractivity contribution >= 4 is 28.6 Å². The number of likely N-dealkylation sites (tertiary alicyclic amines) is 1. The Kier molecular flexibility index (Phi) is 6.54. The van der Waals surface area contributed by atoms with Crippen LogP contribution in [-0.4, -0.2) is 50.4 Å². The van der Waals surface area contributed by atoms with Gasteiger partial charge in [-0.2, -0.15) is 0 Å². The summed E-state index contributed by atoms with van der Waals surface area (Å²) < 4.78 is 8.28. The van der Waals surface area contributed by atoms with Crippen LogP contribution in [0.25, 0.3) is 16.7 Å². The van der Waals surface area contributed by atoms with Crippen LogP contribution in [0.1, 0.15) is 49.5 Å². The summed E-state index contributed by atoms with van der Waals surface area (Å²) in [5, 5.41) is 9.17. The van der Waals surface area contributed by atoms with Crippen molar-refractivity contribution in [3.05, 3.63) is 51.4 Å². The number of aryl methyl sites for hydroxylation is 1. The number of nitrogens with one attached hydrogen (secondary N) is 1. The third-order valence-electron chi connectivity index (χ3n) is 6.31. The van der Waals surface area contributed by atoms with Gasteiger partial charge in [-0.15, -0.1) is 0 Å². The molecule has 1 N–H and O–H groups in total. The first-order chi connectivity index (χ1) is 16.2. The number of pyridine rings is 2. The summed E-state index contributed by atoms with van der Waals surface area (Å²) in [6.45, 7) is 9.30. The zero-order chi connectivity index (χ0) is 24.6. The molecule has 9 nitrogen and oxygen atoms in total. The predicted molar refractivity (Wildman–Crippen MR) is 128 cm³/mol. The van der Waals surface area contributed by atoms with Gasteiger partial charge in [-0.25, -0.2) is 4.98 Å². The van der Waals surface area contributed by atoms with Gasteiger partial charge >= 0.3 is 5.97 Å². The lowest BCUT2D eigenvalue weighted by molar-refractivity contribution is -0.149. The molecule has 3 aromatic heterocycles. The quantitative estimate of drug-likeness (QED) is 0.460. The van der Waals surface area contributed by atoms with E-state index in [2.05, 4.69) is 0 Å². The van der Waals surface area contributed by atoms with E-state index in [1.54, 1.807) is 28.7 Å². The van der Waals surface area contributed by atoms with Crippen LogP contribution in [0.2, 0.25) is 0 Å². The van der Waals surface area contributed by atoms with E-state index in [9.17, 15) is 14.4 Å². The van der Waals surface area contributed by atoms with Gasteiger partial charge in [-0.3, -0.25) is 24.2 Å². The van der Waals surface area contributed by atoms with Crippen molar-refractivity contribution in [2.75, 3.05) is 19.7 Å². The number of esters is 1. The highest BCUT2D eigenvalue weighted by Gasteiger charge is 2.30. The fraction of sp³-hybridized carbons (Fsp3) is 0.480. The molecular weight excluding hydrogens is 434 g/mol. The normalized spacial score (nSPS) is 14.8. The number of rotatable bonds is 5. The second-order valence-corrected chi connectivity index (χ2v) is 9.27. The Morgan fingerprint density at radius 2 is 1.94 bits per heavy atom. The number of carbonyl (C=O) groups excluding carboxylic acids is 2. The van der Waals surface area contributed by atoms with Crippen molar-refractivity contribution in [2.24, 2.45) is 11.8 Å². The van der Waals surface area contributed by atoms with Crippen molar-refractivity contribution < 1.29 is 14.3 Å². The topological polar surface area (TPSA) is 110 Å². The number of aromatic nitrogens is 3. The van der Waals surface area contributed by atoms with Crippen LogP contribution < -0.4 is 11.0 Å². The number of amides is 1. The van der Waals surface area contributed by atoms with Gasteiger partial charge in [-0.05, 0) is 50.3 Å². The highest BCUT2D eigenvalue weighted by atomic mass is 16.5. The maximum absolute atomic E-state index is 13.5. The summed E-state index contributed by atoms with van der Waals surface area (Å²) in [6, 6.07) is 5.19. The van der Waals surface area contributed by atoms with Crippen LogP contribution in [0.5, 0.6) is 0 Å². The lowest BCUT2D eigenvalue weighted by atomic mass is 9.96. The molecule has 0 aliphatic carbocycles.